The van der Waals surface area contributed by atoms with Crippen molar-refractivity contribution in [2.24, 2.45) is 0 Å². The number of hydrogen-bond donors (Lipinski definition) is 1. The lowest BCUT2D eigenvalue weighted by Gasteiger charge is -2.16. The minimum atomic E-state index is 0.150. The van der Waals surface area contributed by atoms with Crippen molar-refractivity contribution in [2.75, 3.05) is 30.8 Å². The number of nitrogen functional groups attached to an aromatic ring is 1. The first-order chi connectivity index (χ1) is 10.3. The number of ether oxygens (including phenoxy) is 2. The Kier molecular flexibility index (Phi) is 3.72. The number of rotatable bonds is 4. The molecule has 7 heteroatoms. The number of hydrogen-bond acceptors (Lipinski definition) is 7. The van der Waals surface area contributed by atoms with Crippen LogP contribution in [-0.4, -0.2) is 35.2 Å². The Morgan fingerprint density at radius 3 is 2.48 bits per heavy atom. The summed E-state index contributed by atoms with van der Waals surface area (Å²) in [5.41, 5.74) is 5.75. The highest BCUT2D eigenvalue weighted by Gasteiger charge is 2.18. The van der Waals surface area contributed by atoms with Gasteiger partial charge in [0.1, 0.15) is 0 Å². The van der Waals surface area contributed by atoms with Crippen molar-refractivity contribution >= 4 is 11.9 Å². The van der Waals surface area contributed by atoms with E-state index in [0.717, 1.165) is 25.9 Å². The van der Waals surface area contributed by atoms with Gasteiger partial charge in [0.2, 0.25) is 11.9 Å². The third-order valence-electron chi connectivity index (χ3n) is 3.28. The Morgan fingerprint density at radius 2 is 1.76 bits per heavy atom. The van der Waals surface area contributed by atoms with Crippen molar-refractivity contribution < 1.29 is 9.47 Å². The summed E-state index contributed by atoms with van der Waals surface area (Å²) in [6.07, 6.45) is 2.27. The van der Waals surface area contributed by atoms with E-state index in [0.29, 0.717) is 17.4 Å². The first-order valence-corrected chi connectivity index (χ1v) is 6.83. The number of anilines is 2. The summed E-state index contributed by atoms with van der Waals surface area (Å²) in [4.78, 5) is 14.6. The van der Waals surface area contributed by atoms with Crippen LogP contribution in [0.4, 0.5) is 11.9 Å². The molecule has 1 saturated heterocycles. The molecule has 0 aliphatic carbocycles. The fourth-order valence-corrected chi connectivity index (χ4v) is 2.27. The molecule has 0 atom stereocenters. The van der Waals surface area contributed by atoms with Gasteiger partial charge >= 0.3 is 6.01 Å². The first-order valence-electron chi connectivity index (χ1n) is 6.83. The molecule has 2 heterocycles. The molecule has 7 nitrogen and oxygen atoms in total. The highest BCUT2D eigenvalue weighted by atomic mass is 16.5. The third-order valence-corrected chi connectivity index (χ3v) is 3.28. The van der Waals surface area contributed by atoms with Crippen molar-refractivity contribution in [3.8, 4) is 17.5 Å². The van der Waals surface area contributed by atoms with Crippen molar-refractivity contribution in [1.29, 1.82) is 0 Å². The average molecular weight is 287 g/mol. The molecule has 0 spiro atoms. The van der Waals surface area contributed by atoms with Crippen LogP contribution >= 0.6 is 0 Å². The van der Waals surface area contributed by atoms with Gasteiger partial charge in [-0.25, -0.2) is 0 Å². The fourth-order valence-electron chi connectivity index (χ4n) is 2.27. The van der Waals surface area contributed by atoms with Gasteiger partial charge in [-0.3, -0.25) is 0 Å². The average Bonchev–Trinajstić information content (AvgIpc) is 3.01. The van der Waals surface area contributed by atoms with Gasteiger partial charge in [-0.1, -0.05) is 12.1 Å². The molecule has 110 valence electrons. The van der Waals surface area contributed by atoms with Crippen LogP contribution in [0.25, 0.3) is 0 Å². The molecule has 0 amide bonds. The van der Waals surface area contributed by atoms with Gasteiger partial charge in [0.15, 0.2) is 11.5 Å². The predicted molar refractivity (Wildman–Crippen MR) is 78.8 cm³/mol. The normalized spacial score (nSPS) is 14.2. The molecule has 1 aliphatic rings. The highest BCUT2D eigenvalue weighted by Crippen LogP contribution is 2.30. The number of methoxy groups -OCH3 is 1. The highest BCUT2D eigenvalue weighted by molar-refractivity contribution is 5.42. The number of para-hydroxylation sites is 2. The summed E-state index contributed by atoms with van der Waals surface area (Å²) in [7, 11) is 1.58. The quantitative estimate of drug-likeness (QED) is 0.918. The largest absolute Gasteiger partial charge is 0.493 e. The van der Waals surface area contributed by atoms with E-state index >= 15 is 0 Å². The van der Waals surface area contributed by atoms with Gasteiger partial charge in [-0.15, -0.1) is 0 Å². The summed E-state index contributed by atoms with van der Waals surface area (Å²) < 4.78 is 10.9. The maximum absolute atomic E-state index is 5.75. The topological polar surface area (TPSA) is 86.4 Å². The van der Waals surface area contributed by atoms with E-state index in [1.165, 1.54) is 0 Å². The van der Waals surface area contributed by atoms with E-state index in [4.69, 9.17) is 15.2 Å². The van der Waals surface area contributed by atoms with Crippen molar-refractivity contribution in [2.45, 2.75) is 12.8 Å². The van der Waals surface area contributed by atoms with E-state index in [2.05, 4.69) is 19.9 Å². The van der Waals surface area contributed by atoms with Crippen LogP contribution in [0.3, 0.4) is 0 Å². The van der Waals surface area contributed by atoms with Crippen LogP contribution in [-0.2, 0) is 0 Å². The van der Waals surface area contributed by atoms with Gasteiger partial charge in [0.25, 0.3) is 0 Å². The van der Waals surface area contributed by atoms with Gasteiger partial charge in [0, 0.05) is 13.1 Å². The van der Waals surface area contributed by atoms with E-state index in [9.17, 15) is 0 Å². The molecule has 21 heavy (non-hydrogen) atoms. The van der Waals surface area contributed by atoms with E-state index < -0.39 is 0 Å². The molecular weight excluding hydrogens is 270 g/mol. The van der Waals surface area contributed by atoms with E-state index in [1.807, 2.05) is 12.1 Å². The van der Waals surface area contributed by atoms with E-state index in [-0.39, 0.29) is 12.0 Å². The number of benzene rings is 1. The third kappa shape index (κ3) is 2.96. The zero-order valence-corrected chi connectivity index (χ0v) is 11.8. The molecule has 0 bridgehead atoms. The van der Waals surface area contributed by atoms with Crippen LogP contribution in [0.5, 0.6) is 17.5 Å². The Morgan fingerprint density at radius 1 is 1.05 bits per heavy atom. The monoisotopic (exact) mass is 287 g/mol. The predicted octanol–water partition coefficient (Wildman–Crippen LogP) is 1.85. The lowest BCUT2D eigenvalue weighted by atomic mass is 10.3. The number of nitrogens with zero attached hydrogens (tertiary/aromatic N) is 4. The minimum Gasteiger partial charge on any atom is -0.493 e. The second-order valence-electron chi connectivity index (χ2n) is 4.72. The summed E-state index contributed by atoms with van der Waals surface area (Å²) in [5, 5.41) is 0. The van der Waals surface area contributed by atoms with Crippen LogP contribution in [0.1, 0.15) is 12.8 Å². The molecule has 0 saturated carbocycles. The number of nitrogens with two attached hydrogens (primary N) is 1. The van der Waals surface area contributed by atoms with Crippen LogP contribution < -0.4 is 20.1 Å². The Labute approximate surface area is 122 Å². The molecule has 0 unspecified atom stereocenters. The van der Waals surface area contributed by atoms with Crippen LogP contribution in [0.15, 0.2) is 24.3 Å². The molecule has 2 N–H and O–H groups in total. The van der Waals surface area contributed by atoms with E-state index in [1.54, 1.807) is 19.2 Å². The van der Waals surface area contributed by atoms with Gasteiger partial charge in [0.05, 0.1) is 7.11 Å². The molecule has 1 aromatic carbocycles. The number of aromatic nitrogens is 3. The molecule has 3 rings (SSSR count). The summed E-state index contributed by atoms with van der Waals surface area (Å²) in [6.45, 7) is 1.86. The maximum Gasteiger partial charge on any atom is 0.328 e. The Bertz CT molecular complexity index is 629. The molecule has 1 fully saturated rings. The molecule has 1 aromatic heterocycles. The Balaban J connectivity index is 1.88. The molecule has 0 radical (unpaired) electrons. The molecule has 1 aliphatic heterocycles. The summed E-state index contributed by atoms with van der Waals surface area (Å²) in [6, 6.07) is 7.48. The molecule has 2 aromatic rings. The van der Waals surface area contributed by atoms with Crippen molar-refractivity contribution in [3.63, 3.8) is 0 Å². The van der Waals surface area contributed by atoms with Crippen LogP contribution in [0, 0.1) is 0 Å². The lowest BCUT2D eigenvalue weighted by Crippen LogP contribution is -2.21. The van der Waals surface area contributed by atoms with Gasteiger partial charge in [-0.2, -0.15) is 15.0 Å². The smallest absolute Gasteiger partial charge is 0.328 e. The second kappa shape index (κ2) is 5.82. The minimum absolute atomic E-state index is 0.150. The SMILES string of the molecule is COc1ccccc1Oc1nc(N)nc(N2CCCC2)n1. The fraction of sp³-hybridized carbons (Fsp3) is 0.357. The first kappa shape index (κ1) is 13.4. The lowest BCUT2D eigenvalue weighted by molar-refractivity contribution is 0.368. The van der Waals surface area contributed by atoms with Crippen molar-refractivity contribution in [3.05, 3.63) is 24.3 Å². The molecular formula is C14H17N5O2. The van der Waals surface area contributed by atoms with Crippen molar-refractivity contribution in [1.82, 2.24) is 15.0 Å². The summed E-state index contributed by atoms with van der Waals surface area (Å²) >= 11 is 0. The summed E-state index contributed by atoms with van der Waals surface area (Å²) in [5.74, 6) is 1.86. The zero-order chi connectivity index (χ0) is 14.7. The Hall–Kier alpha value is -2.57. The van der Waals surface area contributed by atoms with Crippen LogP contribution in [0.2, 0.25) is 0 Å². The maximum atomic E-state index is 5.75. The van der Waals surface area contributed by atoms with Gasteiger partial charge in [-0.05, 0) is 25.0 Å². The standard InChI is InChI=1S/C14H17N5O2/c1-20-10-6-2-3-7-11(10)21-14-17-12(15)16-13(18-14)19-8-4-5-9-19/h2-3,6-7H,4-5,8-9H2,1H3,(H2,15,16,17,18). The second-order valence-corrected chi connectivity index (χ2v) is 4.72. The van der Waals surface area contributed by atoms with Gasteiger partial charge < -0.3 is 20.1 Å². The zero-order valence-electron chi connectivity index (χ0n) is 11.8.